The molecule has 0 saturated carbocycles. The molecule has 1 aromatic heterocycles. The Kier molecular flexibility index (Phi) is 2.59. The second kappa shape index (κ2) is 4.29. The van der Waals surface area contributed by atoms with Gasteiger partial charge in [0.15, 0.2) is 0 Å². The molecule has 4 rings (SSSR count). The fraction of sp³-hybridized carbons (Fsp3) is 0.263. The molecule has 1 aliphatic rings. The van der Waals surface area contributed by atoms with Gasteiger partial charge in [0.25, 0.3) is 0 Å². The molecule has 0 spiro atoms. The number of methoxy groups -OCH3 is 1. The fourth-order valence-corrected chi connectivity index (χ4v) is 3.18. The van der Waals surface area contributed by atoms with Crippen LogP contribution >= 0.6 is 0 Å². The Morgan fingerprint density at radius 1 is 1.14 bits per heavy atom. The highest BCUT2D eigenvalue weighted by molar-refractivity contribution is 6.11. The smallest absolute Gasteiger partial charge is 0.129 e. The number of hydrogen-bond donors (Lipinski definition) is 1. The van der Waals surface area contributed by atoms with Gasteiger partial charge in [0.2, 0.25) is 0 Å². The molecule has 1 aliphatic heterocycles. The summed E-state index contributed by atoms with van der Waals surface area (Å²) in [6.45, 7) is 6.20. The number of fused-ring (bicyclic) bond motifs is 5. The molecule has 0 fully saturated rings. The topological polar surface area (TPSA) is 34.2 Å². The molecule has 0 unspecified atom stereocenters. The molecule has 2 aromatic carbocycles. The summed E-state index contributed by atoms with van der Waals surface area (Å²) in [5, 5.41) is 2.43. The van der Waals surface area contributed by atoms with Gasteiger partial charge in [0, 0.05) is 22.4 Å². The van der Waals surface area contributed by atoms with Gasteiger partial charge in [-0.2, -0.15) is 0 Å². The van der Waals surface area contributed by atoms with E-state index in [-0.39, 0.29) is 5.60 Å². The third-order valence-electron chi connectivity index (χ3n) is 4.31. The van der Waals surface area contributed by atoms with E-state index in [4.69, 9.17) is 9.47 Å². The van der Waals surface area contributed by atoms with Crippen LogP contribution in [0.1, 0.15) is 25.0 Å². The largest absolute Gasteiger partial charge is 0.496 e. The lowest BCUT2D eigenvalue weighted by atomic mass is 10.00. The summed E-state index contributed by atoms with van der Waals surface area (Å²) in [5.74, 6) is 1.83. The van der Waals surface area contributed by atoms with Crippen LogP contribution in [-0.2, 0) is 0 Å². The molecule has 3 nitrogen and oxygen atoms in total. The van der Waals surface area contributed by atoms with Crippen LogP contribution in [0.3, 0.4) is 0 Å². The van der Waals surface area contributed by atoms with Crippen LogP contribution in [0, 0.1) is 6.92 Å². The molecule has 0 aliphatic carbocycles. The third-order valence-corrected chi connectivity index (χ3v) is 4.31. The Hall–Kier alpha value is -2.42. The second-order valence-corrected chi connectivity index (χ2v) is 6.43. The first kappa shape index (κ1) is 13.3. The van der Waals surface area contributed by atoms with Gasteiger partial charge in [-0.15, -0.1) is 0 Å². The molecule has 22 heavy (non-hydrogen) atoms. The molecule has 0 amide bonds. The van der Waals surface area contributed by atoms with Gasteiger partial charge >= 0.3 is 0 Å². The van der Waals surface area contributed by atoms with Gasteiger partial charge in [0.1, 0.15) is 17.1 Å². The predicted molar refractivity (Wildman–Crippen MR) is 90.8 cm³/mol. The molecule has 3 aromatic rings. The Balaban J connectivity index is 2.04. The normalized spacial score (nSPS) is 15.8. The number of ether oxygens (including phenoxy) is 2. The molecule has 3 heteroatoms. The van der Waals surface area contributed by atoms with Gasteiger partial charge in [-0.25, -0.2) is 0 Å². The fourth-order valence-electron chi connectivity index (χ4n) is 3.18. The van der Waals surface area contributed by atoms with Crippen LogP contribution in [0.25, 0.3) is 27.9 Å². The number of aromatic amines is 1. The van der Waals surface area contributed by atoms with E-state index in [1.807, 2.05) is 0 Å². The predicted octanol–water partition coefficient (Wildman–Crippen LogP) is 4.82. The zero-order valence-corrected chi connectivity index (χ0v) is 13.3. The third kappa shape index (κ3) is 1.82. The Bertz CT molecular complexity index is 932. The summed E-state index contributed by atoms with van der Waals surface area (Å²) in [4.78, 5) is 3.52. The SMILES string of the molecule is COc1cc2[nH]c3c4c(ccc3c2cc1C)OC(C)(C)C=C4. The van der Waals surface area contributed by atoms with Crippen molar-refractivity contribution in [1.82, 2.24) is 4.98 Å². The van der Waals surface area contributed by atoms with Gasteiger partial charge in [-0.05, 0) is 56.7 Å². The van der Waals surface area contributed by atoms with Crippen LogP contribution < -0.4 is 9.47 Å². The zero-order valence-electron chi connectivity index (χ0n) is 13.3. The van der Waals surface area contributed by atoms with Crippen molar-refractivity contribution in [1.29, 1.82) is 0 Å². The minimum Gasteiger partial charge on any atom is -0.496 e. The van der Waals surface area contributed by atoms with Crippen molar-refractivity contribution in [2.75, 3.05) is 7.11 Å². The van der Waals surface area contributed by atoms with Crippen molar-refractivity contribution in [3.8, 4) is 11.5 Å². The molecule has 112 valence electrons. The summed E-state index contributed by atoms with van der Waals surface area (Å²) in [6, 6.07) is 8.44. The van der Waals surface area contributed by atoms with Crippen LogP contribution in [0.2, 0.25) is 0 Å². The average Bonchev–Trinajstić information content (AvgIpc) is 2.82. The van der Waals surface area contributed by atoms with Crippen molar-refractivity contribution in [3.63, 3.8) is 0 Å². The molecular formula is C19H19NO2. The lowest BCUT2D eigenvalue weighted by Gasteiger charge is -2.27. The van der Waals surface area contributed by atoms with Crippen molar-refractivity contribution in [3.05, 3.63) is 41.5 Å². The van der Waals surface area contributed by atoms with E-state index in [1.165, 1.54) is 10.8 Å². The maximum absolute atomic E-state index is 6.06. The first-order valence-electron chi connectivity index (χ1n) is 7.50. The van der Waals surface area contributed by atoms with Gasteiger partial charge in [-0.3, -0.25) is 0 Å². The van der Waals surface area contributed by atoms with Gasteiger partial charge in [0.05, 0.1) is 18.1 Å². The second-order valence-electron chi connectivity index (χ2n) is 6.43. The summed E-state index contributed by atoms with van der Waals surface area (Å²) in [6.07, 6.45) is 4.26. The monoisotopic (exact) mass is 293 g/mol. The van der Waals surface area contributed by atoms with E-state index in [2.05, 4.69) is 62.2 Å². The zero-order chi connectivity index (χ0) is 15.5. The summed E-state index contributed by atoms with van der Waals surface area (Å²) < 4.78 is 11.5. The number of aryl methyl sites for hydroxylation is 1. The lowest BCUT2D eigenvalue weighted by Crippen LogP contribution is -2.27. The average molecular weight is 293 g/mol. The minimum absolute atomic E-state index is 0.257. The lowest BCUT2D eigenvalue weighted by molar-refractivity contribution is 0.159. The van der Waals surface area contributed by atoms with Crippen LogP contribution in [0.4, 0.5) is 0 Å². The first-order chi connectivity index (χ1) is 10.5. The maximum atomic E-state index is 6.06. The minimum atomic E-state index is -0.257. The first-order valence-corrected chi connectivity index (χ1v) is 7.50. The van der Waals surface area contributed by atoms with Gasteiger partial charge < -0.3 is 14.5 Å². The Morgan fingerprint density at radius 2 is 1.95 bits per heavy atom. The summed E-state index contributed by atoms with van der Waals surface area (Å²) in [5.41, 5.74) is 4.20. The van der Waals surface area contributed by atoms with Crippen LogP contribution in [0.5, 0.6) is 11.5 Å². The molecule has 0 bridgehead atoms. The van der Waals surface area contributed by atoms with E-state index < -0.39 is 0 Å². The standard InChI is InChI=1S/C19H19NO2/c1-11-9-14-12-5-6-16-13(7-8-19(2,3)22-16)18(12)20-15(14)10-17(11)21-4/h5-10,20H,1-4H3. The molecule has 0 radical (unpaired) electrons. The van der Waals surface area contributed by atoms with Gasteiger partial charge in [-0.1, -0.05) is 0 Å². The summed E-state index contributed by atoms with van der Waals surface area (Å²) >= 11 is 0. The van der Waals surface area contributed by atoms with E-state index in [1.54, 1.807) is 7.11 Å². The van der Waals surface area contributed by atoms with E-state index in [0.717, 1.165) is 33.7 Å². The number of rotatable bonds is 1. The highest BCUT2D eigenvalue weighted by Crippen LogP contribution is 2.39. The highest BCUT2D eigenvalue weighted by Gasteiger charge is 2.23. The number of nitrogens with one attached hydrogen (secondary N) is 1. The number of aromatic nitrogens is 1. The van der Waals surface area contributed by atoms with Crippen LogP contribution in [-0.4, -0.2) is 17.7 Å². The quantitative estimate of drug-likeness (QED) is 0.698. The number of hydrogen-bond acceptors (Lipinski definition) is 2. The van der Waals surface area contributed by atoms with E-state index in [9.17, 15) is 0 Å². The van der Waals surface area contributed by atoms with E-state index in [0.29, 0.717) is 0 Å². The maximum Gasteiger partial charge on any atom is 0.129 e. The molecule has 2 heterocycles. The van der Waals surface area contributed by atoms with Crippen LogP contribution in [0.15, 0.2) is 30.3 Å². The molecule has 0 atom stereocenters. The molecule has 0 saturated heterocycles. The van der Waals surface area contributed by atoms with Crippen molar-refractivity contribution >= 4 is 27.9 Å². The number of benzene rings is 2. The van der Waals surface area contributed by atoms with E-state index >= 15 is 0 Å². The molecule has 1 N–H and O–H groups in total. The Labute approximate surface area is 129 Å². The summed E-state index contributed by atoms with van der Waals surface area (Å²) in [7, 11) is 1.71. The van der Waals surface area contributed by atoms with Crippen molar-refractivity contribution in [2.45, 2.75) is 26.4 Å². The van der Waals surface area contributed by atoms with Crippen molar-refractivity contribution < 1.29 is 9.47 Å². The van der Waals surface area contributed by atoms with Crippen molar-refractivity contribution in [2.24, 2.45) is 0 Å². The highest BCUT2D eigenvalue weighted by atomic mass is 16.5. The molecular weight excluding hydrogens is 274 g/mol. The Morgan fingerprint density at radius 3 is 2.73 bits per heavy atom. The number of H-pyrrole nitrogens is 1.